The average Bonchev–Trinajstić information content (AvgIpc) is 3.19. The van der Waals surface area contributed by atoms with Crippen molar-refractivity contribution in [3.63, 3.8) is 0 Å². The number of fused-ring (bicyclic) bond motifs is 5. The molecule has 0 saturated heterocycles. The molecule has 3 aliphatic carbocycles. The number of benzene rings is 1. The third-order valence-corrected chi connectivity index (χ3v) is 11.6. The van der Waals surface area contributed by atoms with Gasteiger partial charge in [-0.1, -0.05) is 57.7 Å². The Balaban J connectivity index is 1.27. The molecule has 214 valence electrons. The van der Waals surface area contributed by atoms with Crippen molar-refractivity contribution in [2.45, 2.75) is 116 Å². The highest BCUT2D eigenvalue weighted by Gasteiger charge is 2.56. The SMILES string of the molecule is CCCCCCCNS(=O)(=O)CCC/C=C/CC[C@@H]1Cc2cc(O)ccc2[C@H]2CC[C@]3(C)[C@@H](O)CC[C@H]3[C@H]12. The van der Waals surface area contributed by atoms with E-state index >= 15 is 0 Å². The van der Waals surface area contributed by atoms with Gasteiger partial charge in [0, 0.05) is 6.54 Å². The van der Waals surface area contributed by atoms with Gasteiger partial charge >= 0.3 is 0 Å². The van der Waals surface area contributed by atoms with Crippen LogP contribution in [0.1, 0.15) is 114 Å². The summed E-state index contributed by atoms with van der Waals surface area (Å²) >= 11 is 0. The number of hydrogen-bond acceptors (Lipinski definition) is 4. The minimum Gasteiger partial charge on any atom is -0.508 e. The molecule has 0 bridgehead atoms. The molecule has 1 aromatic carbocycles. The Kier molecular flexibility index (Phi) is 10.4. The first-order valence-corrected chi connectivity index (χ1v) is 17.0. The number of allylic oxidation sites excluding steroid dienone is 2. The molecule has 38 heavy (non-hydrogen) atoms. The van der Waals surface area contributed by atoms with E-state index in [4.69, 9.17) is 0 Å². The van der Waals surface area contributed by atoms with Crippen LogP contribution in [0, 0.1) is 23.2 Å². The monoisotopic (exact) mass is 545 g/mol. The van der Waals surface area contributed by atoms with Crippen LogP contribution in [-0.2, 0) is 16.4 Å². The van der Waals surface area contributed by atoms with E-state index in [1.807, 2.05) is 12.1 Å². The molecular weight excluding hydrogens is 494 g/mol. The number of sulfonamides is 1. The van der Waals surface area contributed by atoms with Gasteiger partial charge in [-0.3, -0.25) is 0 Å². The fraction of sp³-hybridized carbons (Fsp3) is 0.750. The summed E-state index contributed by atoms with van der Waals surface area (Å²) in [5.74, 6) is 2.79. The van der Waals surface area contributed by atoms with Crippen molar-refractivity contribution in [2.24, 2.45) is 23.2 Å². The van der Waals surface area contributed by atoms with Crippen molar-refractivity contribution in [2.75, 3.05) is 12.3 Å². The molecule has 4 rings (SSSR count). The third-order valence-electron chi connectivity index (χ3n) is 10.1. The molecule has 6 heteroatoms. The van der Waals surface area contributed by atoms with Crippen LogP contribution in [0.25, 0.3) is 0 Å². The lowest BCUT2D eigenvalue weighted by atomic mass is 9.52. The molecule has 0 spiro atoms. The zero-order valence-electron chi connectivity index (χ0n) is 23.7. The maximum absolute atomic E-state index is 12.2. The predicted molar refractivity (Wildman–Crippen MR) is 156 cm³/mol. The quantitative estimate of drug-likeness (QED) is 0.176. The van der Waals surface area contributed by atoms with Crippen LogP contribution in [0.3, 0.4) is 0 Å². The highest BCUT2D eigenvalue weighted by atomic mass is 32.2. The predicted octanol–water partition coefficient (Wildman–Crippen LogP) is 6.84. The van der Waals surface area contributed by atoms with Crippen LogP contribution >= 0.6 is 0 Å². The second kappa shape index (κ2) is 13.3. The second-order valence-corrected chi connectivity index (χ2v) is 14.5. The summed E-state index contributed by atoms with van der Waals surface area (Å²) in [5.41, 5.74) is 2.78. The summed E-state index contributed by atoms with van der Waals surface area (Å²) in [7, 11) is -3.17. The number of phenols is 1. The van der Waals surface area contributed by atoms with Crippen LogP contribution in [0.4, 0.5) is 0 Å². The fourth-order valence-electron chi connectivity index (χ4n) is 8.00. The van der Waals surface area contributed by atoms with Gasteiger partial charge in [0.05, 0.1) is 11.9 Å². The average molecular weight is 546 g/mol. The van der Waals surface area contributed by atoms with Gasteiger partial charge in [-0.25, -0.2) is 13.1 Å². The van der Waals surface area contributed by atoms with Gasteiger partial charge in [0.1, 0.15) is 5.75 Å². The zero-order chi connectivity index (χ0) is 27.2. The summed E-state index contributed by atoms with van der Waals surface area (Å²) in [6.07, 6.45) is 18.7. The van der Waals surface area contributed by atoms with Gasteiger partial charge in [0.15, 0.2) is 0 Å². The normalized spacial score (nSPS) is 30.8. The Morgan fingerprint density at radius 3 is 2.66 bits per heavy atom. The van der Waals surface area contributed by atoms with E-state index in [-0.39, 0.29) is 17.3 Å². The lowest BCUT2D eigenvalue weighted by molar-refractivity contribution is -0.0391. The lowest BCUT2D eigenvalue weighted by Crippen LogP contribution is -2.47. The molecule has 0 aliphatic heterocycles. The summed E-state index contributed by atoms with van der Waals surface area (Å²) < 4.78 is 27.2. The van der Waals surface area contributed by atoms with Gasteiger partial charge in [-0.15, -0.1) is 0 Å². The van der Waals surface area contributed by atoms with Crippen LogP contribution < -0.4 is 4.72 Å². The molecule has 1 aromatic rings. The second-order valence-electron chi connectivity index (χ2n) is 12.6. The third kappa shape index (κ3) is 7.03. The fourth-order valence-corrected chi connectivity index (χ4v) is 9.14. The first-order valence-electron chi connectivity index (χ1n) is 15.4. The maximum atomic E-state index is 12.2. The van der Waals surface area contributed by atoms with E-state index in [2.05, 4.69) is 36.8 Å². The molecule has 5 nitrogen and oxygen atoms in total. The molecule has 6 atom stereocenters. The Labute approximate surface area is 231 Å². The molecule has 0 unspecified atom stereocenters. The summed E-state index contributed by atoms with van der Waals surface area (Å²) in [6, 6.07) is 5.98. The molecule has 3 aliphatic rings. The van der Waals surface area contributed by atoms with Crippen molar-refractivity contribution >= 4 is 10.0 Å². The molecule has 0 amide bonds. The summed E-state index contributed by atoms with van der Waals surface area (Å²) in [6.45, 7) is 5.06. The van der Waals surface area contributed by atoms with E-state index in [0.29, 0.717) is 42.4 Å². The van der Waals surface area contributed by atoms with E-state index in [9.17, 15) is 18.6 Å². The number of aromatic hydroxyl groups is 1. The smallest absolute Gasteiger partial charge is 0.211 e. The van der Waals surface area contributed by atoms with Gasteiger partial charge in [0.2, 0.25) is 10.0 Å². The number of rotatable bonds is 14. The number of phenolic OH excluding ortho intramolecular Hbond substituents is 1. The van der Waals surface area contributed by atoms with Crippen LogP contribution in [0.2, 0.25) is 0 Å². The maximum Gasteiger partial charge on any atom is 0.211 e. The Morgan fingerprint density at radius 1 is 1.05 bits per heavy atom. The first kappa shape index (κ1) is 29.6. The number of aliphatic hydroxyl groups is 1. The zero-order valence-corrected chi connectivity index (χ0v) is 24.5. The highest BCUT2D eigenvalue weighted by molar-refractivity contribution is 7.89. The van der Waals surface area contributed by atoms with E-state index in [1.165, 1.54) is 30.4 Å². The largest absolute Gasteiger partial charge is 0.508 e. The van der Waals surface area contributed by atoms with Crippen molar-refractivity contribution in [1.29, 1.82) is 0 Å². The lowest BCUT2D eigenvalue weighted by Gasteiger charge is -2.53. The van der Waals surface area contributed by atoms with Crippen molar-refractivity contribution < 1.29 is 18.6 Å². The van der Waals surface area contributed by atoms with Crippen molar-refractivity contribution in [3.05, 3.63) is 41.5 Å². The standard InChI is InChI=1S/C32H51NO4S/c1-3-4-5-8-11-20-33-38(36,37)21-12-9-6-7-10-13-24-22-25-23-26(34)14-15-27(25)28-18-19-32(2)29(31(24)28)16-17-30(32)35/h6-7,14-15,23-24,28-31,33-35H,3-5,8-13,16-22H2,1-2H3/b7-6+/t24-,28-,29+,30+,31-,32+/m1/s1. The van der Waals surface area contributed by atoms with E-state index in [0.717, 1.165) is 64.2 Å². The first-order chi connectivity index (χ1) is 18.2. The Hall–Kier alpha value is -1.37. The van der Waals surface area contributed by atoms with Crippen molar-refractivity contribution in [1.82, 2.24) is 4.72 Å². The topological polar surface area (TPSA) is 86.6 Å². The van der Waals surface area contributed by atoms with E-state index in [1.54, 1.807) is 0 Å². The molecule has 0 aromatic heterocycles. The van der Waals surface area contributed by atoms with Crippen molar-refractivity contribution in [3.8, 4) is 5.75 Å². The highest BCUT2D eigenvalue weighted by Crippen LogP contribution is 2.62. The number of hydrogen-bond donors (Lipinski definition) is 3. The number of aliphatic hydroxyl groups excluding tert-OH is 1. The van der Waals surface area contributed by atoms with Crippen LogP contribution in [0.5, 0.6) is 5.75 Å². The molecule has 2 fully saturated rings. The molecular formula is C32H51NO4S. The number of nitrogens with one attached hydrogen (secondary N) is 1. The van der Waals surface area contributed by atoms with E-state index < -0.39 is 10.0 Å². The summed E-state index contributed by atoms with van der Waals surface area (Å²) in [4.78, 5) is 0. The van der Waals surface area contributed by atoms with Crippen LogP contribution in [-0.4, -0.2) is 37.0 Å². The van der Waals surface area contributed by atoms with Crippen LogP contribution in [0.15, 0.2) is 30.4 Å². The minimum absolute atomic E-state index is 0.0404. The molecule has 3 N–H and O–H groups in total. The Bertz CT molecular complexity index is 1040. The van der Waals surface area contributed by atoms with Gasteiger partial charge in [-0.05, 0) is 117 Å². The molecule has 2 saturated carbocycles. The minimum atomic E-state index is -3.17. The molecule has 0 radical (unpaired) electrons. The Morgan fingerprint density at radius 2 is 1.84 bits per heavy atom. The van der Waals surface area contributed by atoms with Gasteiger partial charge < -0.3 is 10.2 Å². The van der Waals surface area contributed by atoms with Gasteiger partial charge in [0.25, 0.3) is 0 Å². The summed E-state index contributed by atoms with van der Waals surface area (Å²) in [5, 5.41) is 21.0. The number of unbranched alkanes of at least 4 members (excludes halogenated alkanes) is 5. The van der Waals surface area contributed by atoms with Gasteiger partial charge in [-0.2, -0.15) is 0 Å². The molecule has 0 heterocycles.